The summed E-state index contributed by atoms with van der Waals surface area (Å²) in [7, 11) is 0. The Bertz CT molecular complexity index is 759. The van der Waals surface area contributed by atoms with Crippen LogP contribution in [0.1, 0.15) is 17.6 Å². The topological polar surface area (TPSA) is 64.4 Å². The van der Waals surface area contributed by atoms with Crippen LogP contribution < -0.4 is 5.56 Å². The first-order valence-electron chi connectivity index (χ1n) is 7.45. The second-order valence-electron chi connectivity index (χ2n) is 5.33. The van der Waals surface area contributed by atoms with E-state index in [9.17, 15) is 9.59 Å². The number of hydrogen-bond acceptors (Lipinski definition) is 5. The van der Waals surface area contributed by atoms with Gasteiger partial charge in [0.1, 0.15) is 17.2 Å². The van der Waals surface area contributed by atoms with Crippen molar-refractivity contribution in [1.29, 1.82) is 0 Å². The van der Waals surface area contributed by atoms with Crippen LogP contribution in [-0.2, 0) is 22.5 Å². The molecule has 1 saturated heterocycles. The predicted octanol–water partition coefficient (Wildman–Crippen LogP) is 1.19. The summed E-state index contributed by atoms with van der Waals surface area (Å²) < 4.78 is 6.73. The molecule has 0 N–H and O–H groups in total. The monoisotopic (exact) mass is 321 g/mol. The second kappa shape index (κ2) is 6.18. The minimum atomic E-state index is -0.125. The molecule has 0 saturated carbocycles. The minimum Gasteiger partial charge on any atom is -0.378 e. The van der Waals surface area contributed by atoms with Crippen LogP contribution in [0.4, 0.5) is 0 Å². The fourth-order valence-corrected chi connectivity index (χ4v) is 3.58. The maximum Gasteiger partial charge on any atom is 0.262 e. The van der Waals surface area contributed by atoms with Crippen LogP contribution in [0.25, 0.3) is 10.2 Å². The molecule has 0 atom stereocenters. The number of nitrogens with zero attached hydrogens (tertiary/aromatic N) is 3. The Kier molecular flexibility index (Phi) is 4.26. The average molecular weight is 321 g/mol. The fraction of sp³-hybridized carbons (Fsp3) is 0.533. The number of thiophene rings is 1. The Morgan fingerprint density at radius 3 is 2.82 bits per heavy atom. The summed E-state index contributed by atoms with van der Waals surface area (Å²) in [5.74, 6) is 0.532. The summed E-state index contributed by atoms with van der Waals surface area (Å²) in [5, 5.41) is 0.613. The van der Waals surface area contributed by atoms with Gasteiger partial charge in [-0.1, -0.05) is 6.92 Å². The van der Waals surface area contributed by atoms with E-state index < -0.39 is 0 Å². The summed E-state index contributed by atoms with van der Waals surface area (Å²) in [6.45, 7) is 6.16. The fourth-order valence-electron chi connectivity index (χ4n) is 2.58. The van der Waals surface area contributed by atoms with E-state index >= 15 is 0 Å². The molecule has 6 nitrogen and oxygen atoms in total. The number of amides is 1. The zero-order valence-corrected chi connectivity index (χ0v) is 13.6. The van der Waals surface area contributed by atoms with Crippen LogP contribution in [0.2, 0.25) is 0 Å². The van der Waals surface area contributed by atoms with Crippen molar-refractivity contribution in [2.75, 3.05) is 26.3 Å². The summed E-state index contributed by atoms with van der Waals surface area (Å²) in [6.07, 6.45) is 0.881. The number of morpholine rings is 1. The van der Waals surface area contributed by atoms with E-state index in [-0.39, 0.29) is 18.0 Å². The number of fused-ring (bicyclic) bond motifs is 1. The van der Waals surface area contributed by atoms with E-state index in [1.807, 2.05) is 6.07 Å². The zero-order chi connectivity index (χ0) is 15.7. The highest BCUT2D eigenvalue weighted by atomic mass is 32.1. The molecule has 1 aliphatic heterocycles. The van der Waals surface area contributed by atoms with Crippen molar-refractivity contribution in [3.8, 4) is 0 Å². The molecule has 7 heteroatoms. The third kappa shape index (κ3) is 2.78. The quantitative estimate of drug-likeness (QED) is 0.852. The van der Waals surface area contributed by atoms with Crippen molar-refractivity contribution in [3.63, 3.8) is 0 Å². The SMILES string of the molecule is CCc1cc2c(=O)n(CC(=O)N3CCOCC3)c(C)nc2s1. The molecule has 118 valence electrons. The van der Waals surface area contributed by atoms with Crippen molar-refractivity contribution in [2.24, 2.45) is 0 Å². The van der Waals surface area contributed by atoms with Gasteiger partial charge in [-0.2, -0.15) is 0 Å². The first-order chi connectivity index (χ1) is 10.6. The van der Waals surface area contributed by atoms with Crippen molar-refractivity contribution >= 4 is 27.5 Å². The Hall–Kier alpha value is -1.73. The molecule has 0 spiro atoms. The van der Waals surface area contributed by atoms with E-state index in [1.165, 1.54) is 4.57 Å². The van der Waals surface area contributed by atoms with Crippen LogP contribution in [0, 0.1) is 6.92 Å². The van der Waals surface area contributed by atoms with Crippen molar-refractivity contribution in [1.82, 2.24) is 14.5 Å². The molecule has 3 heterocycles. The molecule has 1 fully saturated rings. The molecule has 2 aromatic heterocycles. The van der Waals surface area contributed by atoms with Gasteiger partial charge < -0.3 is 9.64 Å². The Balaban J connectivity index is 1.92. The smallest absolute Gasteiger partial charge is 0.262 e. The zero-order valence-electron chi connectivity index (χ0n) is 12.8. The van der Waals surface area contributed by atoms with Gasteiger partial charge in [-0.15, -0.1) is 11.3 Å². The first kappa shape index (κ1) is 15.2. The van der Waals surface area contributed by atoms with Crippen molar-refractivity contribution < 1.29 is 9.53 Å². The maximum absolute atomic E-state index is 12.6. The molecule has 0 radical (unpaired) electrons. The van der Waals surface area contributed by atoms with Crippen LogP contribution in [0.15, 0.2) is 10.9 Å². The number of rotatable bonds is 3. The Labute approximate surface area is 132 Å². The molecule has 22 heavy (non-hydrogen) atoms. The van der Waals surface area contributed by atoms with Gasteiger partial charge in [-0.05, 0) is 19.4 Å². The number of aromatic nitrogens is 2. The third-order valence-electron chi connectivity index (χ3n) is 3.90. The van der Waals surface area contributed by atoms with Crippen molar-refractivity contribution in [2.45, 2.75) is 26.8 Å². The van der Waals surface area contributed by atoms with Gasteiger partial charge in [0.25, 0.3) is 5.56 Å². The maximum atomic E-state index is 12.6. The number of carbonyl (C=O) groups excluding carboxylic acids is 1. The molecule has 0 bridgehead atoms. The highest BCUT2D eigenvalue weighted by molar-refractivity contribution is 7.18. The number of aryl methyl sites for hydroxylation is 2. The van der Waals surface area contributed by atoms with E-state index in [0.29, 0.717) is 37.5 Å². The van der Waals surface area contributed by atoms with Gasteiger partial charge in [0.15, 0.2) is 0 Å². The third-order valence-corrected chi connectivity index (χ3v) is 5.07. The predicted molar refractivity (Wildman–Crippen MR) is 85.4 cm³/mol. The largest absolute Gasteiger partial charge is 0.378 e. The molecule has 2 aromatic rings. The summed E-state index contributed by atoms with van der Waals surface area (Å²) in [6, 6.07) is 1.89. The van der Waals surface area contributed by atoms with Gasteiger partial charge in [0.2, 0.25) is 5.91 Å². The molecule has 0 aliphatic carbocycles. The Morgan fingerprint density at radius 1 is 1.41 bits per heavy atom. The Morgan fingerprint density at radius 2 is 2.14 bits per heavy atom. The molecule has 1 amide bonds. The molecule has 0 unspecified atom stereocenters. The standard InChI is InChI=1S/C15H19N3O3S/c1-3-11-8-12-14(22-11)16-10(2)18(15(12)20)9-13(19)17-4-6-21-7-5-17/h8H,3-7,9H2,1-2H3. The van der Waals surface area contributed by atoms with Gasteiger partial charge >= 0.3 is 0 Å². The van der Waals surface area contributed by atoms with Crippen LogP contribution >= 0.6 is 11.3 Å². The van der Waals surface area contributed by atoms with E-state index in [4.69, 9.17) is 4.74 Å². The first-order valence-corrected chi connectivity index (χ1v) is 8.27. The lowest BCUT2D eigenvalue weighted by molar-refractivity contribution is -0.136. The molecule has 1 aliphatic rings. The number of ether oxygens (including phenoxy) is 1. The highest BCUT2D eigenvalue weighted by Gasteiger charge is 2.19. The average Bonchev–Trinajstić information content (AvgIpc) is 2.95. The van der Waals surface area contributed by atoms with Gasteiger partial charge in [-0.25, -0.2) is 4.98 Å². The summed E-state index contributed by atoms with van der Waals surface area (Å²) >= 11 is 1.54. The molecular weight excluding hydrogens is 302 g/mol. The highest BCUT2D eigenvalue weighted by Crippen LogP contribution is 2.21. The van der Waals surface area contributed by atoms with Gasteiger partial charge in [-0.3, -0.25) is 14.2 Å². The van der Waals surface area contributed by atoms with E-state index in [1.54, 1.807) is 23.2 Å². The molecule has 3 rings (SSSR count). The lowest BCUT2D eigenvalue weighted by Crippen LogP contribution is -2.43. The number of carbonyl (C=O) groups is 1. The van der Waals surface area contributed by atoms with Crippen molar-refractivity contribution in [3.05, 3.63) is 27.1 Å². The lowest BCUT2D eigenvalue weighted by atomic mass is 10.3. The second-order valence-corrected chi connectivity index (χ2v) is 6.44. The molecular formula is C15H19N3O3S. The minimum absolute atomic E-state index is 0.0465. The van der Waals surface area contributed by atoms with E-state index in [0.717, 1.165) is 16.1 Å². The summed E-state index contributed by atoms with van der Waals surface area (Å²) in [5.41, 5.74) is -0.125. The van der Waals surface area contributed by atoms with Crippen LogP contribution in [0.3, 0.4) is 0 Å². The lowest BCUT2D eigenvalue weighted by Gasteiger charge is -2.27. The number of hydrogen-bond donors (Lipinski definition) is 0. The van der Waals surface area contributed by atoms with E-state index in [2.05, 4.69) is 11.9 Å². The van der Waals surface area contributed by atoms with Gasteiger partial charge in [0, 0.05) is 18.0 Å². The molecule has 0 aromatic carbocycles. The van der Waals surface area contributed by atoms with Crippen LogP contribution in [-0.4, -0.2) is 46.7 Å². The van der Waals surface area contributed by atoms with Crippen LogP contribution in [0.5, 0.6) is 0 Å². The van der Waals surface area contributed by atoms with Gasteiger partial charge in [0.05, 0.1) is 18.6 Å². The normalized spacial score (nSPS) is 15.5. The summed E-state index contributed by atoms with van der Waals surface area (Å²) in [4.78, 5) is 33.1.